The number of piperidine rings is 1. The fraction of sp³-hybridized carbons (Fsp3) is 0.750. The van der Waals surface area contributed by atoms with Crippen molar-refractivity contribution in [1.29, 1.82) is 0 Å². The molecule has 124 valence electrons. The topological polar surface area (TPSA) is 92.3 Å². The molecule has 1 atom stereocenters. The first kappa shape index (κ1) is 17.6. The average molecular weight is 365 g/mol. The van der Waals surface area contributed by atoms with Crippen LogP contribution in [0, 0.1) is 5.92 Å². The van der Waals surface area contributed by atoms with Gasteiger partial charge >= 0.3 is 0 Å². The van der Waals surface area contributed by atoms with E-state index in [-0.39, 0.29) is 18.4 Å². The summed E-state index contributed by atoms with van der Waals surface area (Å²) in [5.41, 5.74) is 0. The first-order valence-corrected chi connectivity index (χ1v) is 10.8. The summed E-state index contributed by atoms with van der Waals surface area (Å²) < 4.78 is 25.4. The van der Waals surface area contributed by atoms with Crippen molar-refractivity contribution in [3.63, 3.8) is 0 Å². The molecule has 22 heavy (non-hydrogen) atoms. The molecular formula is C12H20N4O3S3. The van der Waals surface area contributed by atoms with Crippen LogP contribution in [0.3, 0.4) is 0 Å². The lowest BCUT2D eigenvalue weighted by Crippen LogP contribution is -2.43. The van der Waals surface area contributed by atoms with Crippen LogP contribution in [0.15, 0.2) is 4.34 Å². The number of hydrogen-bond acceptors (Lipinski definition) is 7. The van der Waals surface area contributed by atoms with E-state index in [0.717, 1.165) is 16.5 Å². The summed E-state index contributed by atoms with van der Waals surface area (Å²) in [5.74, 6) is 0.449. The highest BCUT2D eigenvalue weighted by molar-refractivity contribution is 8.01. The number of nitrogens with zero attached hydrogens (tertiary/aromatic N) is 3. The van der Waals surface area contributed by atoms with Gasteiger partial charge in [0, 0.05) is 18.8 Å². The van der Waals surface area contributed by atoms with Crippen molar-refractivity contribution in [3.8, 4) is 0 Å². The lowest BCUT2D eigenvalue weighted by Gasteiger charge is -2.29. The van der Waals surface area contributed by atoms with Crippen LogP contribution >= 0.6 is 23.1 Å². The van der Waals surface area contributed by atoms with E-state index in [1.165, 1.54) is 21.9 Å². The summed E-state index contributed by atoms with van der Waals surface area (Å²) in [4.78, 5) is 12.3. The van der Waals surface area contributed by atoms with E-state index in [1.54, 1.807) is 11.8 Å². The number of aromatic nitrogens is 2. The number of carbonyl (C=O) groups excluding carboxylic acids is 1. The third-order valence-corrected chi connectivity index (χ3v) is 6.74. The van der Waals surface area contributed by atoms with E-state index < -0.39 is 10.0 Å². The van der Waals surface area contributed by atoms with Crippen LogP contribution < -0.4 is 5.32 Å². The molecule has 7 nitrogen and oxygen atoms in total. The normalized spacial score (nSPS) is 20.0. The van der Waals surface area contributed by atoms with E-state index in [0.29, 0.717) is 24.5 Å². The summed E-state index contributed by atoms with van der Waals surface area (Å²) in [6, 6.07) is 0. The van der Waals surface area contributed by atoms with Gasteiger partial charge in [0.2, 0.25) is 21.1 Å². The number of nitrogens with one attached hydrogen (secondary N) is 1. The molecule has 2 rings (SSSR count). The minimum absolute atomic E-state index is 0.184. The minimum atomic E-state index is -3.25. The first-order valence-electron chi connectivity index (χ1n) is 7.12. The van der Waals surface area contributed by atoms with Crippen LogP contribution in [0.4, 0.5) is 5.13 Å². The van der Waals surface area contributed by atoms with Crippen LogP contribution in [0.5, 0.6) is 0 Å². The van der Waals surface area contributed by atoms with Gasteiger partial charge in [0.25, 0.3) is 0 Å². The Labute approximate surface area is 138 Å². The number of rotatable bonds is 6. The summed E-state index contributed by atoms with van der Waals surface area (Å²) in [6.45, 7) is 2.81. The Kier molecular flexibility index (Phi) is 6.18. The SMILES string of the molecule is CCCSc1nnc(NC(=O)[C@@H]2CCCN(S(C)(=O)=O)C2)s1. The molecule has 1 N–H and O–H groups in total. The maximum absolute atomic E-state index is 12.3. The van der Waals surface area contributed by atoms with Crippen molar-refractivity contribution in [2.45, 2.75) is 30.5 Å². The molecule has 0 spiro atoms. The lowest BCUT2D eigenvalue weighted by atomic mass is 9.99. The van der Waals surface area contributed by atoms with Crippen LogP contribution in [-0.2, 0) is 14.8 Å². The van der Waals surface area contributed by atoms with E-state index in [1.807, 2.05) is 0 Å². The molecule has 1 amide bonds. The zero-order valence-electron chi connectivity index (χ0n) is 12.6. The van der Waals surface area contributed by atoms with Crippen LogP contribution in [0.1, 0.15) is 26.2 Å². The monoisotopic (exact) mass is 364 g/mol. The van der Waals surface area contributed by atoms with Gasteiger partial charge in [-0.2, -0.15) is 0 Å². The summed E-state index contributed by atoms with van der Waals surface area (Å²) in [7, 11) is -3.25. The Morgan fingerprint density at radius 2 is 2.27 bits per heavy atom. The molecule has 1 aromatic heterocycles. The van der Waals surface area contributed by atoms with E-state index in [4.69, 9.17) is 0 Å². The second-order valence-electron chi connectivity index (χ2n) is 5.17. The van der Waals surface area contributed by atoms with Gasteiger partial charge in [0.1, 0.15) is 0 Å². The molecule has 1 aromatic rings. The minimum Gasteiger partial charge on any atom is -0.300 e. The molecule has 2 heterocycles. The third kappa shape index (κ3) is 4.90. The largest absolute Gasteiger partial charge is 0.300 e. The van der Waals surface area contributed by atoms with Crippen LogP contribution in [0.2, 0.25) is 0 Å². The Balaban J connectivity index is 1.92. The Hall–Kier alpha value is -0.710. The highest BCUT2D eigenvalue weighted by Gasteiger charge is 2.30. The Bertz CT molecular complexity index is 617. The third-order valence-electron chi connectivity index (χ3n) is 3.29. The number of sulfonamides is 1. The summed E-state index contributed by atoms with van der Waals surface area (Å²) in [6.07, 6.45) is 3.61. The summed E-state index contributed by atoms with van der Waals surface area (Å²) >= 11 is 2.96. The molecule has 0 aromatic carbocycles. The average Bonchev–Trinajstić information content (AvgIpc) is 2.92. The molecule has 0 aliphatic carbocycles. The second-order valence-corrected chi connectivity index (χ2v) is 9.47. The molecule has 0 saturated carbocycles. The predicted octanol–water partition coefficient (Wildman–Crippen LogP) is 1.65. The molecule has 0 bridgehead atoms. The quantitative estimate of drug-likeness (QED) is 0.609. The van der Waals surface area contributed by atoms with Gasteiger partial charge in [-0.3, -0.25) is 4.79 Å². The number of hydrogen-bond donors (Lipinski definition) is 1. The lowest BCUT2D eigenvalue weighted by molar-refractivity contribution is -0.120. The van der Waals surface area contributed by atoms with Crippen molar-refractivity contribution >= 4 is 44.2 Å². The van der Waals surface area contributed by atoms with E-state index in [9.17, 15) is 13.2 Å². The molecule has 1 aliphatic heterocycles. The molecule has 1 aliphatic rings. The summed E-state index contributed by atoms with van der Waals surface area (Å²) in [5, 5.41) is 11.2. The second kappa shape index (κ2) is 7.71. The molecule has 1 fully saturated rings. The van der Waals surface area contributed by atoms with Crippen molar-refractivity contribution < 1.29 is 13.2 Å². The van der Waals surface area contributed by atoms with Gasteiger partial charge in [0.15, 0.2) is 4.34 Å². The van der Waals surface area contributed by atoms with Crippen molar-refractivity contribution in [2.24, 2.45) is 5.92 Å². The van der Waals surface area contributed by atoms with Gasteiger partial charge in [0.05, 0.1) is 12.2 Å². The fourth-order valence-corrected chi connectivity index (χ4v) is 4.76. The highest BCUT2D eigenvalue weighted by atomic mass is 32.2. The van der Waals surface area contributed by atoms with E-state index >= 15 is 0 Å². The maximum Gasteiger partial charge on any atom is 0.230 e. The van der Waals surface area contributed by atoms with Gasteiger partial charge in [-0.05, 0) is 19.3 Å². The van der Waals surface area contributed by atoms with Crippen molar-refractivity contribution in [1.82, 2.24) is 14.5 Å². The highest BCUT2D eigenvalue weighted by Crippen LogP contribution is 2.27. The maximum atomic E-state index is 12.3. The Morgan fingerprint density at radius 3 is 2.95 bits per heavy atom. The number of carbonyl (C=O) groups is 1. The molecule has 10 heteroatoms. The zero-order chi connectivity index (χ0) is 16.2. The van der Waals surface area contributed by atoms with Crippen LogP contribution in [0.25, 0.3) is 0 Å². The smallest absolute Gasteiger partial charge is 0.230 e. The zero-order valence-corrected chi connectivity index (χ0v) is 15.1. The fourth-order valence-electron chi connectivity index (χ4n) is 2.17. The standard InChI is InChI=1S/C12H20N4O3S3/c1-3-7-20-12-15-14-11(21-12)13-10(17)9-5-4-6-16(8-9)22(2,18)19/h9H,3-8H2,1-2H3,(H,13,14,17)/t9-/m1/s1. The molecule has 0 unspecified atom stereocenters. The van der Waals surface area contributed by atoms with Crippen molar-refractivity contribution in [3.05, 3.63) is 0 Å². The number of amides is 1. The van der Waals surface area contributed by atoms with Crippen LogP contribution in [-0.4, -0.2) is 53.9 Å². The van der Waals surface area contributed by atoms with Gasteiger partial charge < -0.3 is 5.32 Å². The van der Waals surface area contributed by atoms with Gasteiger partial charge in [-0.25, -0.2) is 12.7 Å². The van der Waals surface area contributed by atoms with Crippen molar-refractivity contribution in [2.75, 3.05) is 30.4 Å². The van der Waals surface area contributed by atoms with E-state index in [2.05, 4.69) is 22.4 Å². The number of thioether (sulfide) groups is 1. The molecule has 1 saturated heterocycles. The van der Waals surface area contributed by atoms with Gasteiger partial charge in [-0.15, -0.1) is 10.2 Å². The predicted molar refractivity (Wildman–Crippen MR) is 88.7 cm³/mol. The number of anilines is 1. The Morgan fingerprint density at radius 1 is 1.50 bits per heavy atom. The molecular weight excluding hydrogens is 344 g/mol. The van der Waals surface area contributed by atoms with Gasteiger partial charge in [-0.1, -0.05) is 30.0 Å². The molecule has 0 radical (unpaired) electrons. The first-order chi connectivity index (χ1) is 10.4.